The van der Waals surface area contributed by atoms with E-state index in [4.69, 9.17) is 5.73 Å². The third-order valence-corrected chi connectivity index (χ3v) is 1.81. The summed E-state index contributed by atoms with van der Waals surface area (Å²) >= 11 is 0. The molecule has 2 N–H and O–H groups in total. The largest absolute Gasteiger partial charge is 1.00 e. The van der Waals surface area contributed by atoms with Crippen LogP contribution in [-0.4, -0.2) is 12.3 Å². The van der Waals surface area contributed by atoms with Crippen molar-refractivity contribution in [2.75, 3.05) is 0 Å². The molecule has 1 rings (SSSR count). The molecule has 1 unspecified atom stereocenters. The number of benzene rings is 1. The molecule has 0 saturated heterocycles. The summed E-state index contributed by atoms with van der Waals surface area (Å²) in [5, 5.41) is 10.4. The van der Waals surface area contributed by atoms with Gasteiger partial charge in [0, 0.05) is 5.56 Å². The number of hydrogen-bond donors (Lipinski definition) is 1. The molecule has 1 atom stereocenters. The molecule has 18 heavy (non-hydrogen) atoms. The summed E-state index contributed by atoms with van der Waals surface area (Å²) in [4.78, 5) is 10.4. The third kappa shape index (κ3) is 4.22. The third-order valence-electron chi connectivity index (χ3n) is 1.81. The van der Waals surface area contributed by atoms with Gasteiger partial charge in [0.15, 0.2) is 11.6 Å². The summed E-state index contributed by atoms with van der Waals surface area (Å²) in [5.74, 6) is -4.44. The number of carbonyl (C=O) groups excluding carboxylic acids is 1. The normalized spacial score (nSPS) is 12.5. The van der Waals surface area contributed by atoms with Gasteiger partial charge in [0.05, 0.1) is 12.0 Å². The molecule has 0 bridgehead atoms. The van der Waals surface area contributed by atoms with Gasteiger partial charge in [0.2, 0.25) is 0 Å². The van der Waals surface area contributed by atoms with Crippen molar-refractivity contribution in [2.45, 2.75) is 12.4 Å². The summed E-state index contributed by atoms with van der Waals surface area (Å²) in [6.07, 6.45) is -5.08. The van der Waals surface area contributed by atoms with Crippen LogP contribution in [0.2, 0.25) is 0 Å². The molecule has 0 aliphatic heterocycles. The minimum atomic E-state index is -5.08. The number of rotatable bonds is 3. The van der Waals surface area contributed by atoms with E-state index < -0.39 is 35.5 Å². The summed E-state index contributed by atoms with van der Waals surface area (Å²) < 4.78 is 52.4. The number of carbonyl (C=O) groups is 1. The molecule has 0 heterocycles. The first-order valence-corrected chi connectivity index (χ1v) is 4.23. The molecule has 1 aromatic carbocycles. The van der Waals surface area contributed by atoms with Crippen molar-refractivity contribution in [2.24, 2.45) is 5.73 Å². The van der Waals surface area contributed by atoms with Gasteiger partial charge in [-0.15, -0.1) is 13.2 Å². The fourth-order valence-corrected chi connectivity index (χ4v) is 1.10. The predicted molar refractivity (Wildman–Crippen MR) is 45.0 cm³/mol. The first-order chi connectivity index (χ1) is 7.72. The number of carboxylic acids is 1. The molecule has 0 aliphatic rings. The number of carboxylic acid groups (broad SMARTS) is 1. The van der Waals surface area contributed by atoms with Crippen LogP contribution in [0.1, 0.15) is 11.6 Å². The number of halogens is 4. The molecular formula is C9H6F4LiNO3. The van der Waals surface area contributed by atoms with Crippen LogP contribution in [0.15, 0.2) is 18.2 Å². The van der Waals surface area contributed by atoms with E-state index in [0.29, 0.717) is 6.07 Å². The molecule has 1 aromatic rings. The average molecular weight is 259 g/mol. The number of alkyl halides is 3. The zero-order valence-electron chi connectivity index (χ0n) is 9.12. The molecule has 0 fully saturated rings. The van der Waals surface area contributed by atoms with Crippen LogP contribution >= 0.6 is 0 Å². The van der Waals surface area contributed by atoms with Gasteiger partial charge in [-0.3, -0.25) is 0 Å². The van der Waals surface area contributed by atoms with E-state index in [1.54, 1.807) is 0 Å². The van der Waals surface area contributed by atoms with Gasteiger partial charge in [-0.05, 0) is 6.07 Å². The Hall–Kier alpha value is -1.23. The van der Waals surface area contributed by atoms with Crippen LogP contribution in [-0.2, 0) is 4.79 Å². The molecule has 0 aromatic heterocycles. The van der Waals surface area contributed by atoms with Crippen LogP contribution in [0.5, 0.6) is 5.75 Å². The quantitative estimate of drug-likeness (QED) is 0.480. The molecule has 0 spiro atoms. The van der Waals surface area contributed by atoms with Crippen molar-refractivity contribution in [3.63, 3.8) is 0 Å². The fraction of sp³-hybridized carbons (Fsp3) is 0.222. The van der Waals surface area contributed by atoms with Crippen LogP contribution in [0.4, 0.5) is 17.6 Å². The zero-order chi connectivity index (χ0) is 13.2. The number of nitrogens with two attached hydrogens (primary N) is 1. The molecule has 9 heteroatoms. The molecule has 4 nitrogen and oxygen atoms in total. The van der Waals surface area contributed by atoms with Crippen molar-refractivity contribution < 1.29 is 51.1 Å². The second-order valence-electron chi connectivity index (χ2n) is 3.00. The van der Waals surface area contributed by atoms with Crippen molar-refractivity contribution >= 4 is 5.97 Å². The first-order valence-electron chi connectivity index (χ1n) is 4.23. The number of ether oxygens (including phenoxy) is 1. The maximum Gasteiger partial charge on any atom is 1.00 e. The van der Waals surface area contributed by atoms with Crippen LogP contribution in [0, 0.1) is 5.82 Å². The number of aliphatic carboxylic acids is 1. The Bertz CT molecular complexity index is 438. The Morgan fingerprint density at radius 1 is 1.39 bits per heavy atom. The fourth-order valence-electron chi connectivity index (χ4n) is 1.10. The average Bonchev–Trinajstić information content (AvgIpc) is 2.18. The van der Waals surface area contributed by atoms with E-state index in [9.17, 15) is 27.5 Å². The first kappa shape index (κ1) is 16.8. The predicted octanol–water partition coefficient (Wildman–Crippen LogP) is -2.52. The minimum Gasteiger partial charge on any atom is -0.548 e. The second kappa shape index (κ2) is 6.09. The van der Waals surface area contributed by atoms with Crippen LogP contribution < -0.4 is 34.4 Å². The van der Waals surface area contributed by atoms with Crippen molar-refractivity contribution in [1.29, 1.82) is 0 Å². The van der Waals surface area contributed by atoms with E-state index >= 15 is 0 Å². The van der Waals surface area contributed by atoms with Gasteiger partial charge in [-0.25, -0.2) is 4.39 Å². The Labute approximate surface area is 111 Å². The van der Waals surface area contributed by atoms with Gasteiger partial charge in [-0.2, -0.15) is 0 Å². The van der Waals surface area contributed by atoms with Gasteiger partial charge in [-0.1, -0.05) is 12.1 Å². The van der Waals surface area contributed by atoms with Crippen molar-refractivity contribution in [3.05, 3.63) is 29.6 Å². The minimum absolute atomic E-state index is 0. The Balaban J connectivity index is 0.00000289. The topological polar surface area (TPSA) is 75.4 Å². The molecule has 0 amide bonds. The number of hydrogen-bond acceptors (Lipinski definition) is 4. The van der Waals surface area contributed by atoms with E-state index in [2.05, 4.69) is 4.74 Å². The van der Waals surface area contributed by atoms with E-state index in [0.717, 1.165) is 12.1 Å². The Kier molecular flexibility index (Phi) is 5.67. The summed E-state index contributed by atoms with van der Waals surface area (Å²) in [6.45, 7) is 0. The summed E-state index contributed by atoms with van der Waals surface area (Å²) in [5.41, 5.74) is 4.39. The zero-order valence-corrected chi connectivity index (χ0v) is 9.12. The standard InChI is InChI=1S/C9H7F4NO3.Li/c10-6-4(7(14)8(15)16)2-1-3-5(6)17-9(11,12)13;/h1-3,7H,14H2,(H,15,16);/q;+1/p-1. The summed E-state index contributed by atoms with van der Waals surface area (Å²) in [7, 11) is 0. The van der Waals surface area contributed by atoms with E-state index in [-0.39, 0.29) is 18.9 Å². The SMILES string of the molecule is NC(C(=O)[O-])c1cccc(OC(F)(F)F)c1F.[Li+]. The maximum atomic E-state index is 13.4. The smallest absolute Gasteiger partial charge is 0.548 e. The van der Waals surface area contributed by atoms with Crippen molar-refractivity contribution in [3.8, 4) is 5.75 Å². The molecular weight excluding hydrogens is 253 g/mol. The van der Waals surface area contributed by atoms with Gasteiger partial charge in [0.25, 0.3) is 0 Å². The van der Waals surface area contributed by atoms with Gasteiger partial charge < -0.3 is 20.4 Å². The van der Waals surface area contributed by atoms with Crippen LogP contribution in [0.25, 0.3) is 0 Å². The van der Waals surface area contributed by atoms with E-state index in [1.807, 2.05) is 0 Å². The Morgan fingerprint density at radius 3 is 2.39 bits per heavy atom. The second-order valence-corrected chi connectivity index (χ2v) is 3.00. The molecule has 94 valence electrons. The maximum absolute atomic E-state index is 13.4. The molecule has 0 aliphatic carbocycles. The Morgan fingerprint density at radius 2 is 1.94 bits per heavy atom. The molecule has 0 saturated carbocycles. The monoisotopic (exact) mass is 259 g/mol. The van der Waals surface area contributed by atoms with Crippen molar-refractivity contribution in [1.82, 2.24) is 0 Å². The molecule has 0 radical (unpaired) electrons. The summed E-state index contributed by atoms with van der Waals surface area (Å²) in [6, 6.07) is 0.752. The van der Waals surface area contributed by atoms with Crippen LogP contribution in [0.3, 0.4) is 0 Å². The van der Waals surface area contributed by atoms with Gasteiger partial charge >= 0.3 is 25.2 Å². The van der Waals surface area contributed by atoms with E-state index in [1.165, 1.54) is 0 Å². The van der Waals surface area contributed by atoms with Gasteiger partial charge in [0.1, 0.15) is 0 Å².